The predicted octanol–water partition coefficient (Wildman–Crippen LogP) is 3.76. The summed E-state index contributed by atoms with van der Waals surface area (Å²) in [6, 6.07) is 8.05. The first-order chi connectivity index (χ1) is 15.9. The topological polar surface area (TPSA) is 118 Å². The summed E-state index contributed by atoms with van der Waals surface area (Å²) < 4.78 is 42.3. The minimum atomic E-state index is -4.86. The number of hydrogen-bond donors (Lipinski definition) is 3. The van der Waals surface area contributed by atoms with E-state index in [0.717, 1.165) is 12.1 Å². The van der Waals surface area contributed by atoms with Crippen LogP contribution >= 0.6 is 0 Å². The number of amides is 1. The number of phenols is 1. The van der Waals surface area contributed by atoms with E-state index in [-0.39, 0.29) is 24.2 Å². The molecule has 8 nitrogen and oxygen atoms in total. The molecule has 3 rings (SSSR count). The van der Waals surface area contributed by atoms with Crippen molar-refractivity contribution in [3.05, 3.63) is 59.3 Å². The molecule has 0 aliphatic heterocycles. The van der Waals surface area contributed by atoms with Gasteiger partial charge < -0.3 is 20.3 Å². The van der Waals surface area contributed by atoms with Crippen molar-refractivity contribution in [1.82, 2.24) is 9.88 Å². The Kier molecular flexibility index (Phi) is 6.85. The number of nitrogens with zero attached hydrogens (tertiary/aromatic N) is 1. The van der Waals surface area contributed by atoms with Gasteiger partial charge in [-0.15, -0.1) is 13.2 Å². The zero-order valence-corrected chi connectivity index (χ0v) is 18.1. The number of aromatic hydroxyl groups is 1. The summed E-state index contributed by atoms with van der Waals surface area (Å²) in [4.78, 5) is 36.6. The van der Waals surface area contributed by atoms with E-state index in [1.54, 1.807) is 13.8 Å². The van der Waals surface area contributed by atoms with Crippen LogP contribution in [0.1, 0.15) is 35.0 Å². The molecule has 1 amide bonds. The van der Waals surface area contributed by atoms with Crippen LogP contribution in [0.2, 0.25) is 0 Å². The van der Waals surface area contributed by atoms with Crippen molar-refractivity contribution in [3.63, 3.8) is 0 Å². The van der Waals surface area contributed by atoms with E-state index in [0.29, 0.717) is 22.2 Å². The van der Waals surface area contributed by atoms with Crippen LogP contribution in [0.15, 0.2) is 42.5 Å². The summed E-state index contributed by atoms with van der Waals surface area (Å²) in [7, 11) is 0. The number of benzene rings is 2. The number of rotatable bonds is 7. The highest BCUT2D eigenvalue weighted by atomic mass is 19.4. The van der Waals surface area contributed by atoms with Gasteiger partial charge in [-0.05, 0) is 61.9 Å². The number of carboxylic acids is 1. The van der Waals surface area contributed by atoms with Crippen molar-refractivity contribution in [2.75, 3.05) is 0 Å². The van der Waals surface area contributed by atoms with E-state index in [2.05, 4.69) is 10.1 Å². The third-order valence-corrected chi connectivity index (χ3v) is 5.08. The van der Waals surface area contributed by atoms with Crippen molar-refractivity contribution >= 4 is 28.7 Å². The molecule has 180 valence electrons. The van der Waals surface area contributed by atoms with Gasteiger partial charge in [-0.3, -0.25) is 19.0 Å². The maximum absolute atomic E-state index is 13.2. The fraction of sp³-hybridized carbons (Fsp3) is 0.261. The number of fused-ring (bicyclic) bond motifs is 1. The zero-order valence-electron chi connectivity index (χ0n) is 18.1. The lowest BCUT2D eigenvalue weighted by Gasteiger charge is -2.12. The molecule has 0 saturated carbocycles. The summed E-state index contributed by atoms with van der Waals surface area (Å²) in [5.74, 6) is -2.66. The molecule has 0 radical (unpaired) electrons. The molecule has 2 aromatic carbocycles. The molecule has 1 unspecified atom stereocenters. The summed E-state index contributed by atoms with van der Waals surface area (Å²) in [6.07, 6.45) is -5.31. The number of halogens is 3. The molecule has 3 N–H and O–H groups in total. The second-order valence-corrected chi connectivity index (χ2v) is 7.72. The Morgan fingerprint density at radius 3 is 2.35 bits per heavy atom. The molecule has 0 spiro atoms. The highest BCUT2D eigenvalue weighted by molar-refractivity contribution is 6.05. The van der Waals surface area contributed by atoms with Crippen LogP contribution in [0.3, 0.4) is 0 Å². The second kappa shape index (κ2) is 9.46. The van der Waals surface area contributed by atoms with Crippen molar-refractivity contribution in [2.24, 2.45) is 0 Å². The van der Waals surface area contributed by atoms with Gasteiger partial charge in [0.05, 0.1) is 18.4 Å². The lowest BCUT2D eigenvalue weighted by atomic mass is 10.1. The highest BCUT2D eigenvalue weighted by Crippen LogP contribution is 2.31. The third-order valence-electron chi connectivity index (χ3n) is 5.08. The van der Waals surface area contributed by atoms with Gasteiger partial charge in [-0.2, -0.15) is 0 Å². The minimum Gasteiger partial charge on any atom is -0.508 e. The Balaban J connectivity index is 1.96. The lowest BCUT2D eigenvalue weighted by Crippen LogP contribution is -2.35. The first-order valence-electron chi connectivity index (χ1n) is 10.1. The Morgan fingerprint density at radius 1 is 1.12 bits per heavy atom. The monoisotopic (exact) mass is 478 g/mol. The van der Waals surface area contributed by atoms with Crippen LogP contribution < -0.4 is 10.1 Å². The van der Waals surface area contributed by atoms with Crippen LogP contribution in [0.5, 0.6) is 11.5 Å². The van der Waals surface area contributed by atoms with Gasteiger partial charge in [0.15, 0.2) is 0 Å². The van der Waals surface area contributed by atoms with Gasteiger partial charge in [0.25, 0.3) is 5.91 Å². The van der Waals surface area contributed by atoms with Gasteiger partial charge in [-0.1, -0.05) is 0 Å². The van der Waals surface area contributed by atoms with E-state index in [1.807, 2.05) is 0 Å². The van der Waals surface area contributed by atoms with Crippen LogP contribution in [0.25, 0.3) is 10.9 Å². The van der Waals surface area contributed by atoms with Crippen molar-refractivity contribution in [1.29, 1.82) is 0 Å². The number of phenolic OH excluding ortho intramolecular Hbond substituents is 1. The molecular formula is C23H21F3N2O6. The zero-order chi connectivity index (χ0) is 25.2. The quantitative estimate of drug-likeness (QED) is 0.476. The summed E-state index contributed by atoms with van der Waals surface area (Å²) in [6.45, 7) is 3.14. The number of aliphatic carboxylic acids is 1. The van der Waals surface area contributed by atoms with Crippen molar-refractivity contribution in [3.8, 4) is 11.5 Å². The van der Waals surface area contributed by atoms with Crippen LogP contribution in [0.4, 0.5) is 13.2 Å². The lowest BCUT2D eigenvalue weighted by molar-refractivity contribution is -0.274. The standard InChI is InChI=1S/C23H21F3N2O6/c1-12(9-21(31)32)27-20(30)11-17-13(2)28(19-8-5-15(29)10-18(17)19)22(33)14-3-6-16(7-4-14)34-23(24,25)26/h3-8,10,12,29H,9,11H2,1-2H3,(H,27,30)(H,31,32). The molecule has 1 heterocycles. The number of hydrogen-bond acceptors (Lipinski definition) is 5. The number of nitrogens with one attached hydrogen (secondary N) is 1. The van der Waals surface area contributed by atoms with E-state index in [4.69, 9.17) is 5.11 Å². The molecular weight excluding hydrogens is 457 g/mol. The molecule has 0 saturated heterocycles. The number of alkyl halides is 3. The van der Waals surface area contributed by atoms with E-state index < -0.39 is 35.9 Å². The molecule has 1 aromatic heterocycles. The van der Waals surface area contributed by atoms with Crippen LogP contribution in [0, 0.1) is 6.92 Å². The molecule has 0 aliphatic carbocycles. The van der Waals surface area contributed by atoms with Gasteiger partial charge >= 0.3 is 12.3 Å². The van der Waals surface area contributed by atoms with Gasteiger partial charge in [0.1, 0.15) is 11.5 Å². The van der Waals surface area contributed by atoms with E-state index in [9.17, 15) is 32.7 Å². The van der Waals surface area contributed by atoms with Gasteiger partial charge in [-0.25, -0.2) is 0 Å². The number of aromatic nitrogens is 1. The molecule has 11 heteroatoms. The number of carbonyl (C=O) groups excluding carboxylic acids is 2. The summed E-state index contributed by atoms with van der Waals surface area (Å²) >= 11 is 0. The third kappa shape index (κ3) is 5.66. The normalized spacial score (nSPS) is 12.4. The highest BCUT2D eigenvalue weighted by Gasteiger charge is 2.31. The molecule has 34 heavy (non-hydrogen) atoms. The SMILES string of the molecule is Cc1c(CC(=O)NC(C)CC(=O)O)c2cc(O)ccc2n1C(=O)c1ccc(OC(F)(F)F)cc1. The van der Waals surface area contributed by atoms with Crippen molar-refractivity contribution in [2.45, 2.75) is 39.1 Å². The minimum absolute atomic E-state index is 0.0775. The number of carboxylic acid groups (broad SMARTS) is 1. The predicted molar refractivity (Wildman–Crippen MR) is 115 cm³/mol. The smallest absolute Gasteiger partial charge is 0.508 e. The Bertz CT molecular complexity index is 1250. The van der Waals surface area contributed by atoms with Crippen LogP contribution in [-0.2, 0) is 16.0 Å². The fourth-order valence-electron chi connectivity index (χ4n) is 3.68. The van der Waals surface area contributed by atoms with Gasteiger partial charge in [0, 0.05) is 22.7 Å². The molecule has 1 atom stereocenters. The second-order valence-electron chi connectivity index (χ2n) is 7.72. The molecule has 0 aliphatic rings. The number of ether oxygens (including phenoxy) is 1. The van der Waals surface area contributed by atoms with E-state index >= 15 is 0 Å². The first kappa shape index (κ1) is 24.6. The van der Waals surface area contributed by atoms with E-state index in [1.165, 1.54) is 34.9 Å². The Hall–Kier alpha value is -4.02. The Labute approximate surface area is 191 Å². The average Bonchev–Trinajstić information content (AvgIpc) is 2.97. The largest absolute Gasteiger partial charge is 0.573 e. The molecule has 0 fully saturated rings. The average molecular weight is 478 g/mol. The Morgan fingerprint density at radius 2 is 1.76 bits per heavy atom. The van der Waals surface area contributed by atoms with Crippen LogP contribution in [-0.4, -0.2) is 45.0 Å². The molecule has 3 aromatic rings. The summed E-state index contributed by atoms with van der Waals surface area (Å²) in [5.41, 5.74) is 1.30. The maximum Gasteiger partial charge on any atom is 0.573 e. The summed E-state index contributed by atoms with van der Waals surface area (Å²) in [5, 5.41) is 21.8. The molecule has 0 bridgehead atoms. The fourth-order valence-corrected chi connectivity index (χ4v) is 3.68. The van der Waals surface area contributed by atoms with Crippen molar-refractivity contribution < 1.29 is 42.5 Å². The van der Waals surface area contributed by atoms with Gasteiger partial charge in [0.2, 0.25) is 5.91 Å². The first-order valence-corrected chi connectivity index (χ1v) is 10.1. The number of carbonyl (C=O) groups is 3. The maximum atomic E-state index is 13.2.